The molecule has 146 valence electrons. The van der Waals surface area contributed by atoms with Crippen LogP contribution in [0.2, 0.25) is 5.02 Å². The van der Waals surface area contributed by atoms with Crippen molar-refractivity contribution in [2.24, 2.45) is 0 Å². The first-order chi connectivity index (χ1) is 13.5. The fourth-order valence-electron chi connectivity index (χ4n) is 3.62. The van der Waals surface area contributed by atoms with Crippen LogP contribution in [0, 0.1) is 13.8 Å². The van der Waals surface area contributed by atoms with Crippen molar-refractivity contribution in [3.63, 3.8) is 0 Å². The van der Waals surface area contributed by atoms with Crippen LogP contribution in [0.25, 0.3) is 11.4 Å². The lowest BCUT2D eigenvalue weighted by Crippen LogP contribution is -2.18. The fraction of sp³-hybridized carbons (Fsp3) is 0.400. The molecule has 0 spiro atoms. The van der Waals surface area contributed by atoms with E-state index in [0.29, 0.717) is 16.4 Å². The first-order valence-electron chi connectivity index (χ1n) is 9.36. The van der Waals surface area contributed by atoms with Crippen molar-refractivity contribution >= 4 is 17.4 Å². The van der Waals surface area contributed by atoms with Crippen LogP contribution in [0.4, 0.5) is 0 Å². The van der Waals surface area contributed by atoms with Crippen LogP contribution in [0.1, 0.15) is 34.6 Å². The van der Waals surface area contributed by atoms with Gasteiger partial charge in [-0.1, -0.05) is 23.7 Å². The van der Waals surface area contributed by atoms with Crippen LogP contribution >= 0.6 is 11.6 Å². The van der Waals surface area contributed by atoms with E-state index in [1.807, 2.05) is 32.0 Å². The van der Waals surface area contributed by atoms with Crippen LogP contribution in [0.5, 0.6) is 0 Å². The van der Waals surface area contributed by atoms with E-state index < -0.39 is 0 Å². The Kier molecular flexibility index (Phi) is 5.28. The van der Waals surface area contributed by atoms with Crippen LogP contribution < -0.4 is 0 Å². The number of rotatable bonds is 6. The normalized spacial score (nSPS) is 16.6. The third-order valence-electron chi connectivity index (χ3n) is 5.10. The van der Waals surface area contributed by atoms with Crippen LogP contribution in [0.15, 0.2) is 30.3 Å². The zero-order valence-corrected chi connectivity index (χ0v) is 16.7. The Balaban J connectivity index is 1.50. The Labute approximate surface area is 168 Å². The average molecular weight is 400 g/mol. The third kappa shape index (κ3) is 3.86. The highest BCUT2D eigenvalue weighted by Gasteiger charge is 2.21. The van der Waals surface area contributed by atoms with Gasteiger partial charge in [0, 0.05) is 40.7 Å². The molecule has 8 heteroatoms. The number of nitrogens with zero attached hydrogens (tertiary/aromatic N) is 5. The first-order valence-corrected chi connectivity index (χ1v) is 9.74. The second kappa shape index (κ2) is 7.85. The lowest BCUT2D eigenvalue weighted by atomic mass is 10.1. The third-order valence-corrected chi connectivity index (χ3v) is 5.34. The molecule has 0 saturated carbocycles. The number of aromatic nitrogens is 5. The Bertz CT molecular complexity index is 1000. The highest BCUT2D eigenvalue weighted by atomic mass is 35.5. The van der Waals surface area contributed by atoms with Crippen LogP contribution in [-0.4, -0.2) is 43.3 Å². The summed E-state index contributed by atoms with van der Waals surface area (Å²) in [4.78, 5) is 14.2. The predicted molar refractivity (Wildman–Crippen MR) is 105 cm³/mol. The topological polar surface area (TPSA) is 74.8 Å². The van der Waals surface area contributed by atoms with Crippen molar-refractivity contribution in [3.8, 4) is 11.4 Å². The van der Waals surface area contributed by atoms with E-state index in [1.54, 1.807) is 12.1 Å². The summed E-state index contributed by atoms with van der Waals surface area (Å²) in [5.41, 5.74) is 3.47. The summed E-state index contributed by atoms with van der Waals surface area (Å²) in [5.74, 6) is 0.404. The number of hydrogen-bond acceptors (Lipinski definition) is 5. The molecule has 1 aromatic carbocycles. The van der Waals surface area contributed by atoms with Gasteiger partial charge in [-0.3, -0.25) is 4.79 Å². The number of aryl methyl sites for hydroxylation is 1. The Morgan fingerprint density at radius 2 is 2.18 bits per heavy atom. The van der Waals surface area contributed by atoms with Crippen molar-refractivity contribution in [1.82, 2.24) is 24.8 Å². The second-order valence-corrected chi connectivity index (χ2v) is 7.54. The number of Topliss-reactive ketones (excluding diaryl/α,β-unsaturated/α-hetero) is 1. The maximum atomic E-state index is 12.8. The van der Waals surface area contributed by atoms with Gasteiger partial charge in [0.25, 0.3) is 0 Å². The summed E-state index contributed by atoms with van der Waals surface area (Å²) >= 11 is 6.01. The average Bonchev–Trinajstić information content (AvgIpc) is 3.40. The minimum Gasteiger partial charge on any atom is -0.376 e. The van der Waals surface area contributed by atoms with E-state index in [2.05, 4.69) is 20.0 Å². The lowest BCUT2D eigenvalue weighted by Gasteiger charge is -2.14. The van der Waals surface area contributed by atoms with E-state index in [4.69, 9.17) is 16.3 Å². The molecule has 2 aromatic heterocycles. The number of halogens is 1. The molecule has 4 rings (SSSR count). The smallest absolute Gasteiger partial charge is 0.204 e. The largest absolute Gasteiger partial charge is 0.376 e. The van der Waals surface area contributed by atoms with Gasteiger partial charge in [-0.25, -0.2) is 0 Å². The molecule has 0 amide bonds. The molecular formula is C20H22ClN5O2. The van der Waals surface area contributed by atoms with Gasteiger partial charge in [0.05, 0.1) is 6.10 Å². The summed E-state index contributed by atoms with van der Waals surface area (Å²) in [5, 5.41) is 13.0. The molecular weight excluding hydrogens is 378 g/mol. The number of ketones is 1. The number of hydrogen-bond donors (Lipinski definition) is 0. The molecule has 0 bridgehead atoms. The molecule has 1 atom stereocenters. The fourth-order valence-corrected chi connectivity index (χ4v) is 3.81. The Morgan fingerprint density at radius 1 is 1.32 bits per heavy atom. The highest BCUT2D eigenvalue weighted by molar-refractivity contribution is 6.30. The van der Waals surface area contributed by atoms with Crippen molar-refractivity contribution in [3.05, 3.63) is 52.3 Å². The standard InChI is InChI=1S/C20H22ClN5O2/c1-13-9-18(14(2)25(13)11-17-7-4-8-28-17)19(27)12-26-23-20(22-24-26)15-5-3-6-16(21)10-15/h3,5-6,9-10,17H,4,7-8,11-12H2,1-2H3/t17-/m0/s1. The second-order valence-electron chi connectivity index (χ2n) is 7.11. The van der Waals surface area contributed by atoms with E-state index in [-0.39, 0.29) is 18.4 Å². The van der Waals surface area contributed by atoms with E-state index in [1.165, 1.54) is 4.80 Å². The van der Waals surface area contributed by atoms with E-state index >= 15 is 0 Å². The number of tetrazole rings is 1. The lowest BCUT2D eigenvalue weighted by molar-refractivity contribution is 0.0943. The SMILES string of the molecule is Cc1cc(C(=O)Cn2nnc(-c3cccc(Cl)c3)n2)c(C)n1C[C@@H]1CCCO1. The van der Waals surface area contributed by atoms with Gasteiger partial charge in [-0.2, -0.15) is 4.80 Å². The molecule has 7 nitrogen and oxygen atoms in total. The summed E-state index contributed by atoms with van der Waals surface area (Å²) in [6.07, 6.45) is 2.39. The summed E-state index contributed by atoms with van der Waals surface area (Å²) < 4.78 is 7.90. The number of ether oxygens (including phenoxy) is 1. The van der Waals surface area contributed by atoms with Gasteiger partial charge >= 0.3 is 0 Å². The molecule has 0 N–H and O–H groups in total. The zero-order chi connectivity index (χ0) is 19.7. The molecule has 0 radical (unpaired) electrons. The Morgan fingerprint density at radius 3 is 2.93 bits per heavy atom. The molecule has 28 heavy (non-hydrogen) atoms. The maximum Gasteiger partial charge on any atom is 0.204 e. The van der Waals surface area contributed by atoms with Crippen molar-refractivity contribution in [2.75, 3.05) is 6.61 Å². The van der Waals surface area contributed by atoms with Gasteiger partial charge < -0.3 is 9.30 Å². The molecule has 3 heterocycles. The van der Waals surface area contributed by atoms with Crippen molar-refractivity contribution in [1.29, 1.82) is 0 Å². The van der Waals surface area contributed by atoms with Gasteiger partial charge in [-0.15, -0.1) is 10.2 Å². The van der Waals surface area contributed by atoms with Gasteiger partial charge in [-0.05, 0) is 50.1 Å². The predicted octanol–water partition coefficient (Wildman–Crippen LogP) is 3.47. The first kappa shape index (κ1) is 18.8. The van der Waals surface area contributed by atoms with Gasteiger partial charge in [0.15, 0.2) is 5.78 Å². The molecule has 0 aliphatic carbocycles. The zero-order valence-electron chi connectivity index (χ0n) is 15.9. The summed E-state index contributed by atoms with van der Waals surface area (Å²) in [7, 11) is 0. The van der Waals surface area contributed by atoms with Crippen LogP contribution in [-0.2, 0) is 17.8 Å². The number of carbonyl (C=O) groups is 1. The van der Waals surface area contributed by atoms with Crippen molar-refractivity contribution < 1.29 is 9.53 Å². The molecule has 1 fully saturated rings. The van der Waals surface area contributed by atoms with Crippen LogP contribution in [0.3, 0.4) is 0 Å². The Hall–Kier alpha value is -2.51. The summed E-state index contributed by atoms with van der Waals surface area (Å²) in [6, 6.07) is 9.16. The van der Waals surface area contributed by atoms with Gasteiger partial charge in [0.2, 0.25) is 5.82 Å². The summed E-state index contributed by atoms with van der Waals surface area (Å²) in [6.45, 7) is 5.64. The molecule has 1 saturated heterocycles. The van der Waals surface area contributed by atoms with Gasteiger partial charge in [0.1, 0.15) is 6.54 Å². The molecule has 3 aromatic rings. The molecule has 1 aliphatic rings. The highest BCUT2D eigenvalue weighted by Crippen LogP contribution is 2.21. The molecule has 0 unspecified atom stereocenters. The molecule has 1 aliphatic heterocycles. The monoisotopic (exact) mass is 399 g/mol. The quantitative estimate of drug-likeness (QED) is 0.593. The number of benzene rings is 1. The number of carbonyl (C=O) groups excluding carboxylic acids is 1. The van der Waals surface area contributed by atoms with Crippen molar-refractivity contribution in [2.45, 2.75) is 45.9 Å². The van der Waals surface area contributed by atoms with E-state index in [0.717, 1.165) is 42.9 Å². The minimum atomic E-state index is -0.0401. The van der Waals surface area contributed by atoms with E-state index in [9.17, 15) is 4.79 Å². The maximum absolute atomic E-state index is 12.8. The minimum absolute atomic E-state index is 0.0395.